The van der Waals surface area contributed by atoms with E-state index in [4.69, 9.17) is 0 Å². The second-order valence-corrected chi connectivity index (χ2v) is 4.75. The molecule has 2 heterocycles. The molecule has 0 saturated heterocycles. The van der Waals surface area contributed by atoms with Crippen molar-refractivity contribution in [3.05, 3.63) is 59.7 Å². The Labute approximate surface area is 117 Å². The number of fused-ring (bicyclic) bond motifs is 1. The lowest BCUT2D eigenvalue weighted by Crippen LogP contribution is -2.41. The number of nitrogens with zero attached hydrogens (tertiary/aromatic N) is 2. The third kappa shape index (κ3) is 2.67. The van der Waals surface area contributed by atoms with Gasteiger partial charge in [-0.2, -0.15) is 0 Å². The Morgan fingerprint density at radius 2 is 2.25 bits per heavy atom. The summed E-state index contributed by atoms with van der Waals surface area (Å²) in [6.45, 7) is 1.24. The smallest absolute Gasteiger partial charge is 0.242 e. The Balaban J connectivity index is 1.69. The zero-order chi connectivity index (χ0) is 13.8. The van der Waals surface area contributed by atoms with Crippen molar-refractivity contribution in [2.75, 3.05) is 6.54 Å². The van der Waals surface area contributed by atoms with E-state index in [1.807, 2.05) is 18.2 Å². The average Bonchev–Trinajstić information content (AvgIpc) is 2.53. The minimum absolute atomic E-state index is 0.0178. The first-order chi connectivity index (χ1) is 9.84. The maximum Gasteiger partial charge on any atom is 0.242 e. The van der Waals surface area contributed by atoms with Gasteiger partial charge in [-0.3, -0.25) is 4.79 Å². The molecule has 0 aliphatic carbocycles. The van der Waals surface area contributed by atoms with Crippen molar-refractivity contribution >= 4 is 5.91 Å². The standard InChI is InChI=1S/C15H16N4O/c20-15(18-9-12-6-7-16-10-19-12)14-13-4-2-1-3-11(13)5-8-17-14/h1-4,6-7,10,14,17H,5,8-9H2,(H,18,20). The first kappa shape index (κ1) is 12.7. The van der Waals surface area contributed by atoms with Crippen LogP contribution in [0.25, 0.3) is 0 Å². The molecule has 0 spiro atoms. The van der Waals surface area contributed by atoms with Gasteiger partial charge in [0.25, 0.3) is 0 Å². The molecule has 1 aliphatic heterocycles. The highest BCUT2D eigenvalue weighted by molar-refractivity contribution is 5.83. The Morgan fingerprint density at radius 1 is 1.35 bits per heavy atom. The zero-order valence-electron chi connectivity index (χ0n) is 11.0. The van der Waals surface area contributed by atoms with E-state index < -0.39 is 0 Å². The van der Waals surface area contributed by atoms with Gasteiger partial charge in [0.2, 0.25) is 5.91 Å². The molecule has 0 saturated carbocycles. The number of hydrogen-bond donors (Lipinski definition) is 2. The molecule has 102 valence electrons. The second-order valence-electron chi connectivity index (χ2n) is 4.75. The minimum atomic E-state index is -0.276. The number of hydrogen-bond acceptors (Lipinski definition) is 4. The lowest BCUT2D eigenvalue weighted by molar-refractivity contribution is -0.123. The topological polar surface area (TPSA) is 66.9 Å². The van der Waals surface area contributed by atoms with Gasteiger partial charge in [-0.05, 0) is 23.6 Å². The number of rotatable bonds is 3. The molecular weight excluding hydrogens is 252 g/mol. The van der Waals surface area contributed by atoms with E-state index in [1.54, 1.807) is 12.3 Å². The Kier molecular flexibility index (Phi) is 3.69. The summed E-state index contributed by atoms with van der Waals surface area (Å²) in [6.07, 6.45) is 4.12. The molecule has 2 N–H and O–H groups in total. The van der Waals surface area contributed by atoms with Crippen LogP contribution in [0, 0.1) is 0 Å². The first-order valence-corrected chi connectivity index (χ1v) is 6.68. The SMILES string of the molecule is O=C(NCc1ccncn1)C1NCCc2ccccc21. The van der Waals surface area contributed by atoms with Crippen LogP contribution in [0.1, 0.15) is 22.9 Å². The monoisotopic (exact) mass is 268 g/mol. The van der Waals surface area contributed by atoms with Gasteiger partial charge in [0.05, 0.1) is 12.2 Å². The summed E-state index contributed by atoms with van der Waals surface area (Å²) < 4.78 is 0. The highest BCUT2D eigenvalue weighted by Crippen LogP contribution is 2.22. The summed E-state index contributed by atoms with van der Waals surface area (Å²) in [6, 6.07) is 9.60. The van der Waals surface area contributed by atoms with E-state index in [-0.39, 0.29) is 11.9 Å². The molecule has 1 unspecified atom stereocenters. The lowest BCUT2D eigenvalue weighted by Gasteiger charge is -2.25. The first-order valence-electron chi connectivity index (χ1n) is 6.68. The molecule has 0 bridgehead atoms. The van der Waals surface area contributed by atoms with Gasteiger partial charge >= 0.3 is 0 Å². The molecule has 1 aliphatic rings. The van der Waals surface area contributed by atoms with E-state index in [9.17, 15) is 4.79 Å². The molecule has 1 aromatic heterocycles. The van der Waals surface area contributed by atoms with E-state index in [0.29, 0.717) is 6.54 Å². The van der Waals surface area contributed by atoms with Crippen LogP contribution in [-0.4, -0.2) is 22.4 Å². The van der Waals surface area contributed by atoms with Gasteiger partial charge < -0.3 is 10.6 Å². The van der Waals surface area contributed by atoms with Crippen molar-refractivity contribution in [1.29, 1.82) is 0 Å². The number of carbonyl (C=O) groups excluding carboxylic acids is 1. The van der Waals surface area contributed by atoms with Gasteiger partial charge in [-0.1, -0.05) is 24.3 Å². The molecule has 5 heteroatoms. The number of aromatic nitrogens is 2. The molecule has 1 amide bonds. The van der Waals surface area contributed by atoms with Crippen molar-refractivity contribution < 1.29 is 4.79 Å². The van der Waals surface area contributed by atoms with E-state index in [0.717, 1.165) is 24.2 Å². The van der Waals surface area contributed by atoms with Gasteiger partial charge in [-0.25, -0.2) is 9.97 Å². The van der Waals surface area contributed by atoms with Crippen molar-refractivity contribution in [2.24, 2.45) is 0 Å². The minimum Gasteiger partial charge on any atom is -0.349 e. The lowest BCUT2D eigenvalue weighted by atomic mass is 9.94. The summed E-state index contributed by atoms with van der Waals surface area (Å²) in [5.41, 5.74) is 3.12. The predicted molar refractivity (Wildman–Crippen MR) is 74.8 cm³/mol. The molecule has 2 aromatic rings. The quantitative estimate of drug-likeness (QED) is 0.871. The van der Waals surface area contributed by atoms with Crippen molar-refractivity contribution in [3.8, 4) is 0 Å². The molecule has 5 nitrogen and oxygen atoms in total. The van der Waals surface area contributed by atoms with E-state index >= 15 is 0 Å². The summed E-state index contributed by atoms with van der Waals surface area (Å²) in [5.74, 6) is -0.0178. The molecule has 0 fully saturated rings. The second kappa shape index (κ2) is 5.79. The number of benzene rings is 1. The fraction of sp³-hybridized carbons (Fsp3) is 0.267. The van der Waals surface area contributed by atoms with Crippen LogP contribution >= 0.6 is 0 Å². The summed E-state index contributed by atoms with van der Waals surface area (Å²) in [4.78, 5) is 20.3. The predicted octanol–water partition coefficient (Wildman–Crippen LogP) is 0.980. The van der Waals surface area contributed by atoms with Crippen LogP contribution in [0.15, 0.2) is 42.9 Å². The van der Waals surface area contributed by atoms with Gasteiger partial charge in [0, 0.05) is 12.7 Å². The molecule has 0 radical (unpaired) electrons. The average molecular weight is 268 g/mol. The molecule has 1 atom stereocenters. The van der Waals surface area contributed by atoms with Crippen LogP contribution in [0.2, 0.25) is 0 Å². The van der Waals surface area contributed by atoms with Crippen LogP contribution < -0.4 is 10.6 Å². The number of carbonyl (C=O) groups is 1. The van der Waals surface area contributed by atoms with Gasteiger partial charge in [0.1, 0.15) is 12.4 Å². The fourth-order valence-electron chi connectivity index (χ4n) is 2.44. The maximum absolute atomic E-state index is 12.3. The van der Waals surface area contributed by atoms with Crippen molar-refractivity contribution in [2.45, 2.75) is 19.0 Å². The molecular formula is C15H16N4O. The summed E-state index contributed by atoms with van der Waals surface area (Å²) in [7, 11) is 0. The Hall–Kier alpha value is -2.27. The third-order valence-corrected chi connectivity index (χ3v) is 3.46. The Morgan fingerprint density at radius 3 is 3.10 bits per heavy atom. The molecule has 3 rings (SSSR count). The largest absolute Gasteiger partial charge is 0.349 e. The van der Waals surface area contributed by atoms with E-state index in [2.05, 4.69) is 26.7 Å². The van der Waals surface area contributed by atoms with Crippen molar-refractivity contribution in [3.63, 3.8) is 0 Å². The van der Waals surface area contributed by atoms with Crippen LogP contribution in [0.5, 0.6) is 0 Å². The number of nitrogens with one attached hydrogen (secondary N) is 2. The van der Waals surface area contributed by atoms with E-state index in [1.165, 1.54) is 11.9 Å². The Bertz CT molecular complexity index is 600. The normalized spacial score (nSPS) is 17.3. The van der Waals surface area contributed by atoms with Gasteiger partial charge in [0.15, 0.2) is 0 Å². The third-order valence-electron chi connectivity index (χ3n) is 3.46. The van der Waals surface area contributed by atoms with Crippen LogP contribution in [0.4, 0.5) is 0 Å². The van der Waals surface area contributed by atoms with Crippen LogP contribution in [0.3, 0.4) is 0 Å². The zero-order valence-corrected chi connectivity index (χ0v) is 11.0. The maximum atomic E-state index is 12.3. The fourth-order valence-corrected chi connectivity index (χ4v) is 2.44. The highest BCUT2D eigenvalue weighted by atomic mass is 16.2. The van der Waals surface area contributed by atoms with Crippen molar-refractivity contribution in [1.82, 2.24) is 20.6 Å². The van der Waals surface area contributed by atoms with Crippen LogP contribution in [-0.2, 0) is 17.8 Å². The van der Waals surface area contributed by atoms with Gasteiger partial charge in [-0.15, -0.1) is 0 Å². The molecule has 20 heavy (non-hydrogen) atoms. The number of amides is 1. The summed E-state index contributed by atoms with van der Waals surface area (Å²) >= 11 is 0. The summed E-state index contributed by atoms with van der Waals surface area (Å²) in [5, 5.41) is 6.18. The molecule has 1 aromatic carbocycles. The highest BCUT2D eigenvalue weighted by Gasteiger charge is 2.25.